The quantitative estimate of drug-likeness (QED) is 0.455. The first-order chi connectivity index (χ1) is 12.3. The molecule has 3 nitrogen and oxygen atoms in total. The molecule has 0 N–H and O–H groups in total. The molecular formula is C22H28N2O. The van der Waals surface area contributed by atoms with E-state index in [9.17, 15) is 0 Å². The average molecular weight is 336 g/mol. The number of aromatic nitrogens is 2. The summed E-state index contributed by atoms with van der Waals surface area (Å²) in [5, 5.41) is 0. The Balaban J connectivity index is 1.74. The summed E-state index contributed by atoms with van der Waals surface area (Å²) in [7, 11) is 0. The Bertz CT molecular complexity index is 807. The highest BCUT2D eigenvalue weighted by Crippen LogP contribution is 2.21. The van der Waals surface area contributed by atoms with Gasteiger partial charge in [-0.25, -0.2) is 4.98 Å². The maximum Gasteiger partial charge on any atom is 0.147 e. The molecule has 1 heterocycles. The molecule has 0 aliphatic heterocycles. The summed E-state index contributed by atoms with van der Waals surface area (Å²) in [5.74, 6) is 1.95. The van der Waals surface area contributed by atoms with Gasteiger partial charge in [-0.1, -0.05) is 62.9 Å². The molecule has 0 radical (unpaired) electrons. The van der Waals surface area contributed by atoms with Crippen molar-refractivity contribution in [2.45, 2.75) is 59.1 Å². The predicted molar refractivity (Wildman–Crippen MR) is 104 cm³/mol. The molecule has 0 spiro atoms. The van der Waals surface area contributed by atoms with Crippen molar-refractivity contribution in [1.29, 1.82) is 0 Å². The van der Waals surface area contributed by atoms with Crippen LogP contribution in [0.5, 0.6) is 5.75 Å². The molecule has 0 fully saturated rings. The van der Waals surface area contributed by atoms with Crippen LogP contribution in [0.15, 0.2) is 48.5 Å². The fourth-order valence-electron chi connectivity index (χ4n) is 3.22. The Hall–Kier alpha value is -2.29. The molecule has 0 aliphatic rings. The Labute approximate surface area is 150 Å². The van der Waals surface area contributed by atoms with E-state index in [1.165, 1.54) is 37.6 Å². The van der Waals surface area contributed by atoms with E-state index in [1.54, 1.807) is 0 Å². The van der Waals surface area contributed by atoms with E-state index in [0.717, 1.165) is 29.2 Å². The Kier molecular flexibility index (Phi) is 6.10. The maximum absolute atomic E-state index is 6.05. The molecule has 2 aromatic carbocycles. The summed E-state index contributed by atoms with van der Waals surface area (Å²) in [4.78, 5) is 4.81. The number of fused-ring (bicyclic) bond motifs is 1. The summed E-state index contributed by atoms with van der Waals surface area (Å²) < 4.78 is 8.39. The van der Waals surface area contributed by atoms with E-state index >= 15 is 0 Å². The second kappa shape index (κ2) is 8.70. The Morgan fingerprint density at radius 3 is 2.52 bits per heavy atom. The molecule has 0 unspecified atom stereocenters. The number of imidazole rings is 1. The third-order valence-electron chi connectivity index (χ3n) is 4.67. The monoisotopic (exact) mass is 336 g/mol. The lowest BCUT2D eigenvalue weighted by molar-refractivity contribution is 0.287. The van der Waals surface area contributed by atoms with E-state index in [1.807, 2.05) is 24.3 Å². The number of benzene rings is 2. The minimum Gasteiger partial charge on any atom is -0.485 e. The number of hydrogen-bond donors (Lipinski definition) is 0. The van der Waals surface area contributed by atoms with Crippen molar-refractivity contribution in [2.24, 2.45) is 0 Å². The second-order valence-electron chi connectivity index (χ2n) is 6.64. The van der Waals surface area contributed by atoms with Crippen LogP contribution in [0, 0.1) is 6.92 Å². The second-order valence-corrected chi connectivity index (χ2v) is 6.64. The van der Waals surface area contributed by atoms with Crippen molar-refractivity contribution < 1.29 is 4.74 Å². The van der Waals surface area contributed by atoms with Crippen LogP contribution in [-0.2, 0) is 13.2 Å². The molecule has 0 bridgehead atoms. The van der Waals surface area contributed by atoms with Crippen LogP contribution in [0.2, 0.25) is 0 Å². The highest BCUT2D eigenvalue weighted by Gasteiger charge is 2.11. The molecule has 0 saturated carbocycles. The van der Waals surface area contributed by atoms with E-state index in [2.05, 4.69) is 42.7 Å². The Morgan fingerprint density at radius 2 is 1.68 bits per heavy atom. The molecule has 3 heteroatoms. The number of nitrogens with zero attached hydrogens (tertiary/aromatic N) is 2. The molecule has 0 atom stereocenters. The van der Waals surface area contributed by atoms with Gasteiger partial charge in [0.1, 0.15) is 18.2 Å². The smallest absolute Gasteiger partial charge is 0.147 e. The SMILES string of the molecule is CCCCCCCn1c(COc2ccccc2C)nc2ccccc21. The highest BCUT2D eigenvalue weighted by molar-refractivity contribution is 5.75. The normalized spacial score (nSPS) is 11.1. The fourth-order valence-corrected chi connectivity index (χ4v) is 3.22. The molecule has 0 amide bonds. The van der Waals surface area contributed by atoms with Crippen LogP contribution < -0.4 is 4.74 Å². The van der Waals surface area contributed by atoms with Crippen molar-refractivity contribution >= 4 is 11.0 Å². The lowest BCUT2D eigenvalue weighted by Gasteiger charge is -2.11. The summed E-state index contributed by atoms with van der Waals surface area (Å²) in [6.07, 6.45) is 6.39. The van der Waals surface area contributed by atoms with Crippen LogP contribution in [0.25, 0.3) is 11.0 Å². The average Bonchev–Trinajstić information content (AvgIpc) is 2.99. The topological polar surface area (TPSA) is 27.1 Å². The number of aryl methyl sites for hydroxylation is 2. The first-order valence-corrected chi connectivity index (χ1v) is 9.42. The van der Waals surface area contributed by atoms with Gasteiger partial charge >= 0.3 is 0 Å². The number of hydrogen-bond acceptors (Lipinski definition) is 2. The summed E-state index contributed by atoms with van der Waals surface area (Å²) in [6.45, 7) is 5.85. The van der Waals surface area contributed by atoms with Gasteiger partial charge in [0.15, 0.2) is 0 Å². The van der Waals surface area contributed by atoms with Crippen molar-refractivity contribution in [3.8, 4) is 5.75 Å². The van der Waals surface area contributed by atoms with Crippen LogP contribution in [-0.4, -0.2) is 9.55 Å². The predicted octanol–water partition coefficient (Wildman–Crippen LogP) is 5.89. The van der Waals surface area contributed by atoms with Gasteiger partial charge in [-0.05, 0) is 37.1 Å². The van der Waals surface area contributed by atoms with Crippen LogP contribution in [0.4, 0.5) is 0 Å². The van der Waals surface area contributed by atoms with Crippen LogP contribution in [0.3, 0.4) is 0 Å². The van der Waals surface area contributed by atoms with Gasteiger partial charge in [0, 0.05) is 6.54 Å². The molecule has 132 valence electrons. The molecule has 3 aromatic rings. The van der Waals surface area contributed by atoms with Crippen molar-refractivity contribution in [1.82, 2.24) is 9.55 Å². The highest BCUT2D eigenvalue weighted by atomic mass is 16.5. The molecule has 0 aliphatic carbocycles. The first-order valence-electron chi connectivity index (χ1n) is 9.42. The van der Waals surface area contributed by atoms with Gasteiger partial charge in [0.2, 0.25) is 0 Å². The molecule has 0 saturated heterocycles. The van der Waals surface area contributed by atoms with Gasteiger partial charge < -0.3 is 9.30 Å². The zero-order chi connectivity index (χ0) is 17.5. The summed E-state index contributed by atoms with van der Waals surface area (Å²) in [6, 6.07) is 16.5. The van der Waals surface area contributed by atoms with E-state index in [-0.39, 0.29) is 0 Å². The van der Waals surface area contributed by atoms with Crippen LogP contribution in [0.1, 0.15) is 50.4 Å². The molecule has 25 heavy (non-hydrogen) atoms. The third-order valence-corrected chi connectivity index (χ3v) is 4.67. The number of ether oxygens (including phenoxy) is 1. The molecular weight excluding hydrogens is 308 g/mol. The van der Waals surface area contributed by atoms with E-state index in [4.69, 9.17) is 9.72 Å². The third kappa shape index (κ3) is 4.41. The minimum absolute atomic E-state index is 0.508. The summed E-state index contributed by atoms with van der Waals surface area (Å²) in [5.41, 5.74) is 3.42. The fraction of sp³-hybridized carbons (Fsp3) is 0.409. The largest absolute Gasteiger partial charge is 0.485 e. The van der Waals surface area contributed by atoms with Gasteiger partial charge in [0.25, 0.3) is 0 Å². The number of para-hydroxylation sites is 3. The van der Waals surface area contributed by atoms with E-state index < -0.39 is 0 Å². The maximum atomic E-state index is 6.05. The van der Waals surface area contributed by atoms with Gasteiger partial charge in [-0.15, -0.1) is 0 Å². The first kappa shape index (κ1) is 17.5. The lowest BCUT2D eigenvalue weighted by atomic mass is 10.1. The van der Waals surface area contributed by atoms with Gasteiger partial charge in [-0.3, -0.25) is 0 Å². The standard InChI is InChI=1S/C22H28N2O/c1-3-4-5-6-11-16-24-20-14-9-8-13-19(20)23-22(24)17-25-21-15-10-7-12-18(21)2/h7-10,12-15H,3-6,11,16-17H2,1-2H3. The number of rotatable bonds is 9. The van der Waals surface area contributed by atoms with Gasteiger partial charge in [-0.2, -0.15) is 0 Å². The van der Waals surface area contributed by atoms with E-state index in [0.29, 0.717) is 6.61 Å². The minimum atomic E-state index is 0.508. The van der Waals surface area contributed by atoms with Crippen molar-refractivity contribution in [2.75, 3.05) is 0 Å². The molecule has 1 aromatic heterocycles. The zero-order valence-electron chi connectivity index (χ0n) is 15.4. The van der Waals surface area contributed by atoms with Crippen LogP contribution >= 0.6 is 0 Å². The summed E-state index contributed by atoms with van der Waals surface area (Å²) >= 11 is 0. The Morgan fingerprint density at radius 1 is 0.920 bits per heavy atom. The van der Waals surface area contributed by atoms with Gasteiger partial charge in [0.05, 0.1) is 11.0 Å². The zero-order valence-corrected chi connectivity index (χ0v) is 15.4. The van der Waals surface area contributed by atoms with Crippen molar-refractivity contribution in [3.05, 3.63) is 59.9 Å². The molecule has 3 rings (SSSR count). The number of unbranched alkanes of at least 4 members (excludes halogenated alkanes) is 4. The van der Waals surface area contributed by atoms with Crippen molar-refractivity contribution in [3.63, 3.8) is 0 Å². The lowest BCUT2D eigenvalue weighted by Crippen LogP contribution is -2.08.